The fraction of sp³-hybridized carbons (Fsp3) is 0.240. The Morgan fingerprint density at radius 1 is 1.23 bits per heavy atom. The Morgan fingerprint density at radius 3 is 2.66 bits per heavy atom. The van der Waals surface area contributed by atoms with Crippen LogP contribution in [0.1, 0.15) is 47.2 Å². The van der Waals surface area contributed by atoms with E-state index in [9.17, 15) is 24.8 Å². The van der Waals surface area contributed by atoms with Crippen molar-refractivity contribution in [2.24, 2.45) is 0 Å². The number of halogens is 1. The fourth-order valence-electron chi connectivity index (χ4n) is 3.75. The number of methoxy groups -OCH3 is 1. The lowest BCUT2D eigenvalue weighted by atomic mass is 10.0. The van der Waals surface area contributed by atoms with E-state index >= 15 is 0 Å². The molecule has 0 amide bonds. The molecule has 1 atom stereocenters. The SMILES string of the molecule is COc1ccc(C#N)cc1/C=C(\C#N)c1cn(C(=O)CCCCCP(=O)([O-])O)c2ccc(Br)cc12. The zero-order valence-electron chi connectivity index (χ0n) is 18.9. The van der Waals surface area contributed by atoms with Gasteiger partial charge in [0.25, 0.3) is 0 Å². The second-order valence-corrected chi connectivity index (χ2v) is 10.5. The number of unbranched alkanes of at least 4 members (excludes halogenated alkanes) is 2. The molecule has 1 unspecified atom stereocenters. The number of benzene rings is 2. The summed E-state index contributed by atoms with van der Waals surface area (Å²) in [7, 11) is -2.78. The third-order valence-corrected chi connectivity index (χ3v) is 6.81. The molecule has 0 fully saturated rings. The number of ether oxygens (including phenoxy) is 1. The monoisotopic (exact) mass is 554 g/mol. The topological polar surface area (TPSA) is 139 Å². The van der Waals surface area contributed by atoms with Gasteiger partial charge in [0.15, 0.2) is 0 Å². The zero-order chi connectivity index (χ0) is 25.6. The van der Waals surface area contributed by atoms with Gasteiger partial charge in [0.1, 0.15) is 13.3 Å². The van der Waals surface area contributed by atoms with E-state index in [1.807, 2.05) is 6.07 Å². The first-order valence-corrected chi connectivity index (χ1v) is 13.3. The highest BCUT2D eigenvalue weighted by molar-refractivity contribution is 9.10. The molecule has 35 heavy (non-hydrogen) atoms. The first-order chi connectivity index (χ1) is 16.7. The van der Waals surface area contributed by atoms with Crippen molar-refractivity contribution in [3.05, 3.63) is 63.8 Å². The molecule has 1 heterocycles. The van der Waals surface area contributed by atoms with Crippen LogP contribution in [0.3, 0.4) is 0 Å². The number of carbonyl (C=O) groups is 1. The second kappa shape index (κ2) is 11.5. The Bertz CT molecular complexity index is 1430. The highest BCUT2D eigenvalue weighted by Crippen LogP contribution is 2.33. The molecule has 0 aliphatic rings. The smallest absolute Gasteiger partial charge is 0.231 e. The van der Waals surface area contributed by atoms with E-state index < -0.39 is 7.60 Å². The third-order valence-electron chi connectivity index (χ3n) is 5.44. The van der Waals surface area contributed by atoms with Gasteiger partial charge in [-0.3, -0.25) is 9.36 Å². The Hall–Kier alpha value is -3.20. The summed E-state index contributed by atoms with van der Waals surface area (Å²) in [5, 5.41) is 19.9. The van der Waals surface area contributed by atoms with Crippen molar-refractivity contribution in [3.8, 4) is 17.9 Å². The number of fused-ring (bicyclic) bond motifs is 1. The lowest BCUT2D eigenvalue weighted by Gasteiger charge is -2.14. The van der Waals surface area contributed by atoms with Gasteiger partial charge in [-0.25, -0.2) is 0 Å². The van der Waals surface area contributed by atoms with E-state index in [4.69, 9.17) is 9.63 Å². The van der Waals surface area contributed by atoms with Gasteiger partial charge in [0, 0.05) is 39.8 Å². The lowest BCUT2D eigenvalue weighted by Crippen LogP contribution is -2.09. The van der Waals surface area contributed by atoms with Crippen molar-refractivity contribution in [2.75, 3.05) is 13.3 Å². The van der Waals surface area contributed by atoms with Gasteiger partial charge in [-0.15, -0.1) is 0 Å². The number of nitrogens with zero attached hydrogens (tertiary/aromatic N) is 3. The van der Waals surface area contributed by atoms with Crippen LogP contribution in [0.5, 0.6) is 5.75 Å². The van der Waals surface area contributed by atoms with Crippen molar-refractivity contribution in [3.63, 3.8) is 0 Å². The number of allylic oxidation sites excluding steroid dienone is 1. The molecule has 0 aliphatic heterocycles. The summed E-state index contributed by atoms with van der Waals surface area (Å²) in [6.07, 6.45) is 4.34. The molecule has 0 radical (unpaired) electrons. The summed E-state index contributed by atoms with van der Waals surface area (Å²) < 4.78 is 18.5. The molecule has 8 nitrogen and oxygen atoms in total. The molecule has 3 aromatic rings. The summed E-state index contributed by atoms with van der Waals surface area (Å²) in [6.45, 7) is 0. The third kappa shape index (κ3) is 6.69. The van der Waals surface area contributed by atoms with Crippen molar-refractivity contribution in [2.45, 2.75) is 25.7 Å². The van der Waals surface area contributed by atoms with Gasteiger partial charge in [-0.05, 0) is 55.3 Å². The van der Waals surface area contributed by atoms with Gasteiger partial charge in [-0.1, -0.05) is 22.4 Å². The van der Waals surface area contributed by atoms with Gasteiger partial charge in [-0.2, -0.15) is 10.5 Å². The Morgan fingerprint density at radius 2 is 2.00 bits per heavy atom. The van der Waals surface area contributed by atoms with E-state index in [2.05, 4.69) is 28.1 Å². The van der Waals surface area contributed by atoms with Crippen LogP contribution in [-0.4, -0.2) is 28.6 Å². The van der Waals surface area contributed by atoms with E-state index in [1.165, 1.54) is 11.7 Å². The van der Waals surface area contributed by atoms with Crippen LogP contribution in [0.25, 0.3) is 22.6 Å². The molecule has 1 aromatic heterocycles. The maximum atomic E-state index is 13.0. The van der Waals surface area contributed by atoms with Crippen LogP contribution in [0.4, 0.5) is 0 Å². The summed E-state index contributed by atoms with van der Waals surface area (Å²) in [5.41, 5.74) is 2.46. The number of hydrogen-bond donors (Lipinski definition) is 1. The van der Waals surface area contributed by atoms with Crippen molar-refractivity contribution >= 4 is 52.0 Å². The van der Waals surface area contributed by atoms with Gasteiger partial charge >= 0.3 is 0 Å². The summed E-state index contributed by atoms with van der Waals surface area (Å²) in [5.74, 6) is 0.308. The molecule has 0 aliphatic carbocycles. The molecule has 180 valence electrons. The summed E-state index contributed by atoms with van der Waals surface area (Å²) in [4.78, 5) is 32.7. The minimum absolute atomic E-state index is 0.178. The molecule has 0 saturated carbocycles. The summed E-state index contributed by atoms with van der Waals surface area (Å²) >= 11 is 3.45. The average molecular weight is 555 g/mol. The van der Waals surface area contributed by atoms with Crippen LogP contribution >= 0.6 is 23.5 Å². The number of carbonyl (C=O) groups excluding carboxylic acids is 1. The fourth-order valence-corrected chi connectivity index (χ4v) is 4.74. The van der Waals surface area contributed by atoms with Crippen molar-refractivity contribution < 1.29 is 23.9 Å². The van der Waals surface area contributed by atoms with Crippen LogP contribution in [0.15, 0.2) is 47.1 Å². The molecule has 0 saturated heterocycles. The quantitative estimate of drug-likeness (QED) is 0.220. The first kappa shape index (κ1) is 26.4. The predicted molar refractivity (Wildman–Crippen MR) is 135 cm³/mol. The molecular weight excluding hydrogens is 533 g/mol. The van der Waals surface area contributed by atoms with E-state index in [0.717, 1.165) is 4.47 Å². The average Bonchev–Trinajstić information content (AvgIpc) is 3.19. The molecule has 3 rings (SSSR count). The maximum Gasteiger partial charge on any atom is 0.231 e. The largest absolute Gasteiger partial charge is 0.779 e. The highest BCUT2D eigenvalue weighted by Gasteiger charge is 2.17. The Labute approximate surface area is 211 Å². The minimum atomic E-state index is -4.28. The predicted octanol–water partition coefficient (Wildman–Crippen LogP) is 5.09. The van der Waals surface area contributed by atoms with Gasteiger partial charge in [0.05, 0.1) is 35.9 Å². The maximum absolute atomic E-state index is 13.0. The normalized spacial score (nSPS) is 13.1. The van der Waals surface area contributed by atoms with Crippen molar-refractivity contribution in [1.82, 2.24) is 4.57 Å². The number of rotatable bonds is 9. The molecule has 2 aromatic carbocycles. The van der Waals surface area contributed by atoms with Gasteiger partial charge < -0.3 is 19.1 Å². The zero-order valence-corrected chi connectivity index (χ0v) is 21.4. The lowest BCUT2D eigenvalue weighted by molar-refractivity contribution is -0.193. The molecule has 0 spiro atoms. The van der Waals surface area contributed by atoms with Crippen LogP contribution in [0, 0.1) is 22.7 Å². The van der Waals surface area contributed by atoms with E-state index in [0.29, 0.717) is 51.8 Å². The number of nitriles is 2. The minimum Gasteiger partial charge on any atom is -0.779 e. The van der Waals surface area contributed by atoms with Crippen LogP contribution in [-0.2, 0) is 4.57 Å². The number of hydrogen-bond acceptors (Lipinski definition) is 6. The molecule has 10 heteroatoms. The van der Waals surface area contributed by atoms with Gasteiger partial charge in [0.2, 0.25) is 5.91 Å². The first-order valence-electron chi connectivity index (χ1n) is 10.7. The highest BCUT2D eigenvalue weighted by atomic mass is 79.9. The van der Waals surface area contributed by atoms with Crippen molar-refractivity contribution in [1.29, 1.82) is 10.5 Å². The van der Waals surface area contributed by atoms with Crippen LogP contribution < -0.4 is 9.63 Å². The Balaban J connectivity index is 1.97. The number of aromatic nitrogens is 1. The molecule has 0 bridgehead atoms. The standard InChI is InChI=1S/C25H23BrN3O5P/c1-34-24-9-6-17(14-27)11-18(24)12-19(15-28)22-16-29(23-8-7-20(26)13-21(22)23)25(30)5-3-2-4-10-35(31,32)33/h6-9,11-13,16H,2-5,10H2,1H3,(H2,31,32,33)/p-1/b19-12+. The summed E-state index contributed by atoms with van der Waals surface area (Å²) in [6, 6.07) is 14.6. The van der Waals surface area contributed by atoms with E-state index in [1.54, 1.807) is 42.6 Å². The molecular formula is C25H22BrN3O5P-. The second-order valence-electron chi connectivity index (χ2n) is 7.88. The Kier molecular flexibility index (Phi) is 8.67. The molecule has 1 N–H and O–H groups in total. The van der Waals surface area contributed by atoms with Crippen LogP contribution in [0.2, 0.25) is 0 Å². The van der Waals surface area contributed by atoms with E-state index in [-0.39, 0.29) is 24.9 Å².